The zero-order valence-electron chi connectivity index (χ0n) is 10.5. The normalized spacial score (nSPS) is 24.3. The largest absolute Gasteiger partial charge is 0.391 e. The molecule has 0 radical (unpaired) electrons. The van der Waals surface area contributed by atoms with E-state index < -0.39 is 28.0 Å². The molecule has 2 rings (SSSR count). The Balaban J connectivity index is 2.00. The summed E-state index contributed by atoms with van der Waals surface area (Å²) in [5.74, 6) is -0.590. The lowest BCUT2D eigenvalue weighted by Gasteiger charge is -2.28. The van der Waals surface area contributed by atoms with Crippen molar-refractivity contribution in [2.24, 2.45) is 0 Å². The molecule has 2 atom stereocenters. The molecule has 1 aromatic carbocycles. The van der Waals surface area contributed by atoms with Crippen molar-refractivity contribution in [1.29, 1.82) is 0 Å². The molecule has 0 saturated heterocycles. The van der Waals surface area contributed by atoms with Gasteiger partial charge in [-0.3, -0.25) is 0 Å². The summed E-state index contributed by atoms with van der Waals surface area (Å²) in [6.07, 6.45) is 2.52. The van der Waals surface area contributed by atoms with Crippen molar-refractivity contribution in [1.82, 2.24) is 4.72 Å². The molecule has 1 aromatic rings. The molecule has 106 valence electrons. The summed E-state index contributed by atoms with van der Waals surface area (Å²) in [6, 6.07) is 4.97. The molecule has 6 heteroatoms. The van der Waals surface area contributed by atoms with E-state index in [1.165, 1.54) is 24.3 Å². The van der Waals surface area contributed by atoms with Crippen LogP contribution in [0.5, 0.6) is 0 Å². The third-order valence-corrected chi connectivity index (χ3v) is 4.71. The van der Waals surface area contributed by atoms with Gasteiger partial charge in [-0.2, -0.15) is 0 Å². The van der Waals surface area contributed by atoms with Crippen LogP contribution in [0.4, 0.5) is 4.39 Å². The molecule has 1 fully saturated rings. The van der Waals surface area contributed by atoms with Gasteiger partial charge in [0.05, 0.1) is 11.9 Å². The zero-order valence-corrected chi connectivity index (χ0v) is 11.4. The Morgan fingerprint density at radius 2 is 1.84 bits per heavy atom. The lowest BCUT2D eigenvalue weighted by molar-refractivity contribution is 0.101. The number of hydrogen-bond donors (Lipinski definition) is 2. The molecule has 1 aliphatic carbocycles. The summed E-state index contributed by atoms with van der Waals surface area (Å²) in [6.45, 7) is 0. The first-order valence-corrected chi connectivity index (χ1v) is 8.04. The highest BCUT2D eigenvalue weighted by Crippen LogP contribution is 2.19. The third kappa shape index (κ3) is 4.26. The van der Waals surface area contributed by atoms with Crippen LogP contribution in [0.3, 0.4) is 0 Å². The van der Waals surface area contributed by atoms with E-state index in [0.717, 1.165) is 12.8 Å². The van der Waals surface area contributed by atoms with E-state index in [9.17, 15) is 17.9 Å². The first kappa shape index (κ1) is 14.4. The number of rotatable bonds is 4. The van der Waals surface area contributed by atoms with Crippen molar-refractivity contribution in [3.8, 4) is 0 Å². The Morgan fingerprint density at radius 3 is 2.47 bits per heavy atom. The predicted molar refractivity (Wildman–Crippen MR) is 70.4 cm³/mol. The van der Waals surface area contributed by atoms with Crippen molar-refractivity contribution >= 4 is 10.0 Å². The second-order valence-electron chi connectivity index (χ2n) is 4.96. The first-order valence-electron chi connectivity index (χ1n) is 6.39. The molecule has 4 nitrogen and oxygen atoms in total. The molecule has 0 spiro atoms. The number of benzene rings is 1. The molecular weight excluding hydrogens is 269 g/mol. The summed E-state index contributed by atoms with van der Waals surface area (Å²) < 4.78 is 39.2. The molecule has 0 aromatic heterocycles. The molecule has 1 saturated carbocycles. The molecular formula is C13H18FNO3S. The maximum absolute atomic E-state index is 12.7. The van der Waals surface area contributed by atoms with Gasteiger partial charge in [-0.25, -0.2) is 17.5 Å². The fraction of sp³-hybridized carbons (Fsp3) is 0.538. The number of nitrogens with one attached hydrogen (secondary N) is 1. The maximum atomic E-state index is 12.7. The SMILES string of the molecule is O=S(=O)(Cc1ccc(F)cc1)NC1CCCCC1O. The molecule has 1 aliphatic rings. The minimum atomic E-state index is -3.51. The van der Waals surface area contributed by atoms with Gasteiger partial charge >= 0.3 is 0 Å². The van der Waals surface area contributed by atoms with Crippen molar-refractivity contribution in [2.45, 2.75) is 43.6 Å². The van der Waals surface area contributed by atoms with Crippen molar-refractivity contribution in [2.75, 3.05) is 0 Å². The number of sulfonamides is 1. The number of aliphatic hydroxyl groups is 1. The van der Waals surface area contributed by atoms with Crippen LogP contribution in [0.1, 0.15) is 31.2 Å². The lowest BCUT2D eigenvalue weighted by atomic mass is 9.93. The topological polar surface area (TPSA) is 66.4 Å². The van der Waals surface area contributed by atoms with E-state index in [2.05, 4.69) is 4.72 Å². The first-order chi connectivity index (χ1) is 8.96. The minimum absolute atomic E-state index is 0.198. The van der Waals surface area contributed by atoms with E-state index in [1.807, 2.05) is 0 Å². The minimum Gasteiger partial charge on any atom is -0.391 e. The van der Waals surface area contributed by atoms with Gasteiger partial charge in [0.1, 0.15) is 5.82 Å². The number of aliphatic hydroxyl groups excluding tert-OH is 1. The van der Waals surface area contributed by atoms with Crippen LogP contribution >= 0.6 is 0 Å². The summed E-state index contributed by atoms with van der Waals surface area (Å²) in [5, 5.41) is 9.76. The fourth-order valence-corrected chi connectivity index (χ4v) is 3.77. The van der Waals surface area contributed by atoms with Crippen LogP contribution in [0.15, 0.2) is 24.3 Å². The molecule has 2 unspecified atom stereocenters. The fourth-order valence-electron chi connectivity index (χ4n) is 2.32. The van der Waals surface area contributed by atoms with Crippen molar-refractivity contribution in [3.05, 3.63) is 35.6 Å². The average molecular weight is 287 g/mol. The van der Waals surface area contributed by atoms with E-state index in [0.29, 0.717) is 18.4 Å². The van der Waals surface area contributed by atoms with Crippen LogP contribution in [0.25, 0.3) is 0 Å². The van der Waals surface area contributed by atoms with E-state index in [1.54, 1.807) is 0 Å². The smallest absolute Gasteiger partial charge is 0.216 e. The second-order valence-corrected chi connectivity index (χ2v) is 6.72. The van der Waals surface area contributed by atoms with Gasteiger partial charge in [-0.1, -0.05) is 25.0 Å². The lowest BCUT2D eigenvalue weighted by Crippen LogP contribution is -2.45. The molecule has 0 aliphatic heterocycles. The second kappa shape index (κ2) is 5.98. The van der Waals surface area contributed by atoms with Gasteiger partial charge in [0.15, 0.2) is 0 Å². The number of halogens is 1. The van der Waals surface area contributed by atoms with E-state index in [4.69, 9.17) is 0 Å². The van der Waals surface area contributed by atoms with Gasteiger partial charge in [-0.05, 0) is 30.5 Å². The summed E-state index contributed by atoms with van der Waals surface area (Å²) >= 11 is 0. The third-order valence-electron chi connectivity index (χ3n) is 3.33. The van der Waals surface area contributed by atoms with Crippen LogP contribution in [-0.2, 0) is 15.8 Å². The van der Waals surface area contributed by atoms with Crippen LogP contribution in [0.2, 0.25) is 0 Å². The maximum Gasteiger partial charge on any atom is 0.216 e. The van der Waals surface area contributed by atoms with Crippen LogP contribution in [0, 0.1) is 5.82 Å². The Labute approximate surface area is 112 Å². The Morgan fingerprint density at radius 1 is 1.21 bits per heavy atom. The van der Waals surface area contributed by atoms with Gasteiger partial charge in [0, 0.05) is 6.04 Å². The summed E-state index contributed by atoms with van der Waals surface area (Å²) in [4.78, 5) is 0. The van der Waals surface area contributed by atoms with Gasteiger partial charge in [0.25, 0.3) is 0 Å². The molecule has 19 heavy (non-hydrogen) atoms. The number of hydrogen-bond acceptors (Lipinski definition) is 3. The van der Waals surface area contributed by atoms with E-state index in [-0.39, 0.29) is 5.75 Å². The predicted octanol–water partition coefficient (Wildman–Crippen LogP) is 1.55. The monoisotopic (exact) mass is 287 g/mol. The highest BCUT2D eigenvalue weighted by atomic mass is 32.2. The Bertz CT molecular complexity index is 515. The quantitative estimate of drug-likeness (QED) is 0.883. The average Bonchev–Trinajstić information content (AvgIpc) is 2.35. The van der Waals surface area contributed by atoms with Gasteiger partial charge in [-0.15, -0.1) is 0 Å². The Hall–Kier alpha value is -0.980. The Kier molecular flexibility index (Phi) is 4.54. The van der Waals surface area contributed by atoms with Crippen LogP contribution in [-0.4, -0.2) is 25.7 Å². The summed E-state index contributed by atoms with van der Waals surface area (Å²) in [7, 11) is -3.51. The van der Waals surface area contributed by atoms with Gasteiger partial charge < -0.3 is 5.11 Å². The molecule has 0 heterocycles. The van der Waals surface area contributed by atoms with Crippen molar-refractivity contribution < 1.29 is 17.9 Å². The van der Waals surface area contributed by atoms with Crippen molar-refractivity contribution in [3.63, 3.8) is 0 Å². The van der Waals surface area contributed by atoms with E-state index >= 15 is 0 Å². The molecule has 0 amide bonds. The molecule has 0 bridgehead atoms. The molecule has 2 N–H and O–H groups in total. The van der Waals surface area contributed by atoms with Crippen LogP contribution < -0.4 is 4.72 Å². The summed E-state index contributed by atoms with van der Waals surface area (Å²) in [5.41, 5.74) is 0.527. The highest BCUT2D eigenvalue weighted by molar-refractivity contribution is 7.88. The van der Waals surface area contributed by atoms with Gasteiger partial charge in [0.2, 0.25) is 10.0 Å². The highest BCUT2D eigenvalue weighted by Gasteiger charge is 2.27. The zero-order chi connectivity index (χ0) is 13.9. The standard InChI is InChI=1S/C13H18FNO3S/c14-11-7-5-10(6-8-11)9-19(17,18)15-12-3-1-2-4-13(12)16/h5-8,12-13,15-16H,1-4,9H2.